The number of para-hydroxylation sites is 1. The summed E-state index contributed by atoms with van der Waals surface area (Å²) < 4.78 is 19.8. The van der Waals surface area contributed by atoms with E-state index in [1.54, 1.807) is 30.3 Å². The van der Waals surface area contributed by atoms with Gasteiger partial charge in [0.25, 0.3) is 0 Å². The Morgan fingerprint density at radius 3 is 2.19 bits per heavy atom. The van der Waals surface area contributed by atoms with Crippen LogP contribution in [0.2, 0.25) is 0 Å². The lowest BCUT2D eigenvalue weighted by molar-refractivity contribution is -0.231. The maximum atomic E-state index is 13.4. The number of rotatable bonds is 9. The van der Waals surface area contributed by atoms with Crippen molar-refractivity contribution in [3.05, 3.63) is 120 Å². The lowest BCUT2D eigenvalue weighted by Gasteiger charge is -2.40. The van der Waals surface area contributed by atoms with E-state index in [0.717, 1.165) is 16.8 Å². The Kier molecular flexibility index (Phi) is 10.3. The first-order valence-electron chi connectivity index (χ1n) is 15.4. The van der Waals surface area contributed by atoms with E-state index >= 15 is 0 Å². The summed E-state index contributed by atoms with van der Waals surface area (Å²) in [5.74, 6) is -0.277. The molecule has 2 aliphatic rings. The highest BCUT2D eigenvalue weighted by Crippen LogP contribution is 2.49. The van der Waals surface area contributed by atoms with Crippen LogP contribution >= 0.6 is 24.0 Å². The molecule has 2 unspecified atom stereocenters. The number of halogens is 1. The molecule has 47 heavy (non-hydrogen) atoms. The van der Waals surface area contributed by atoms with Crippen LogP contribution in [0, 0.1) is 5.82 Å². The van der Waals surface area contributed by atoms with Gasteiger partial charge in [0.15, 0.2) is 0 Å². The number of phenols is 1. The van der Waals surface area contributed by atoms with Crippen molar-refractivity contribution in [1.82, 2.24) is 0 Å². The molecule has 0 aromatic heterocycles. The maximum absolute atomic E-state index is 13.4. The van der Waals surface area contributed by atoms with Crippen LogP contribution in [0.1, 0.15) is 47.8 Å². The van der Waals surface area contributed by atoms with Crippen LogP contribution in [0.4, 0.5) is 10.1 Å². The summed E-state index contributed by atoms with van der Waals surface area (Å²) in [6.45, 7) is -0.507. The molecule has 2 heterocycles. The number of thiocarbonyl (C=S) groups is 1. The van der Waals surface area contributed by atoms with Crippen molar-refractivity contribution in [1.29, 1.82) is 0 Å². The molecule has 8 atom stereocenters. The summed E-state index contributed by atoms with van der Waals surface area (Å²) >= 11 is 7.38. The van der Waals surface area contributed by atoms with Crippen molar-refractivity contribution in [3.8, 4) is 16.9 Å². The number of aliphatic hydroxyl groups excluding tert-OH is 5. The molecule has 4 aromatic rings. The summed E-state index contributed by atoms with van der Waals surface area (Å²) in [6.07, 6.45) is -6.01. The number of anilines is 1. The number of thioether (sulfide) groups is 1. The van der Waals surface area contributed by atoms with Crippen molar-refractivity contribution in [2.45, 2.75) is 60.8 Å². The first kappa shape index (κ1) is 33.5. The van der Waals surface area contributed by atoms with Gasteiger partial charge in [0.1, 0.15) is 46.4 Å². The summed E-state index contributed by atoms with van der Waals surface area (Å²) in [4.78, 5) is 2.04. The van der Waals surface area contributed by atoms with Crippen molar-refractivity contribution in [2.24, 2.45) is 0 Å². The molecule has 6 N–H and O–H groups in total. The van der Waals surface area contributed by atoms with E-state index < -0.39 is 43.2 Å². The van der Waals surface area contributed by atoms with Crippen molar-refractivity contribution in [3.63, 3.8) is 0 Å². The van der Waals surface area contributed by atoms with Crippen molar-refractivity contribution >= 4 is 34.0 Å². The predicted molar refractivity (Wildman–Crippen MR) is 182 cm³/mol. The second-order valence-electron chi connectivity index (χ2n) is 11.9. The molecule has 0 saturated carbocycles. The molecule has 6 rings (SSSR count). The normalized spacial score (nSPS) is 26.8. The van der Waals surface area contributed by atoms with E-state index in [-0.39, 0.29) is 22.9 Å². The SMILES string of the molecule is OC[C@H]1O[C@@H](c2ccc(-c3ccc(C4[C@H](CCC(O)c5ccc(F)cc5)SC(=S)N4c4ccccc4)c(O)c3)cc2)[C@H](O)[C@@H](O)[C@@H]1O. The maximum Gasteiger partial charge on any atom is 0.141 e. The average Bonchev–Trinajstić information content (AvgIpc) is 3.42. The highest BCUT2D eigenvalue weighted by Gasteiger charge is 2.44. The number of nitrogens with zero attached hydrogens (tertiary/aromatic N) is 1. The minimum atomic E-state index is -1.47. The average molecular weight is 678 g/mol. The molecule has 8 nitrogen and oxygen atoms in total. The standard InChI is InChI=1S/C36H36FNO7S2/c37-24-13-10-21(11-14-24)27(40)16-17-30-31(38(36(46)47-30)25-4-2-1-3-5-25)26-15-12-23(18-28(26)41)20-6-8-22(9-7-20)35-34(44)33(43)32(42)29(19-39)45-35/h1-15,18,27,29-35,39-44H,16-17,19H2/t27?,29-,30+,31?,32-,33+,34-,35+/m1/s1. The Balaban J connectivity index is 1.25. The summed E-state index contributed by atoms with van der Waals surface area (Å²) in [5, 5.41) is 62.6. The van der Waals surface area contributed by atoms with Crippen LogP contribution in [0.5, 0.6) is 5.75 Å². The number of ether oxygens (including phenoxy) is 1. The Morgan fingerprint density at radius 1 is 0.851 bits per heavy atom. The number of aromatic hydroxyl groups is 1. The number of hydrogen-bond acceptors (Lipinski definition) is 9. The smallest absolute Gasteiger partial charge is 0.141 e. The fourth-order valence-corrected chi connectivity index (χ4v) is 8.16. The predicted octanol–water partition coefficient (Wildman–Crippen LogP) is 5.18. The van der Waals surface area contributed by atoms with E-state index in [1.165, 1.54) is 23.9 Å². The van der Waals surface area contributed by atoms with Crippen LogP contribution in [-0.4, -0.2) is 71.2 Å². The molecule has 2 fully saturated rings. The Morgan fingerprint density at radius 2 is 1.53 bits per heavy atom. The molecular weight excluding hydrogens is 642 g/mol. The number of aliphatic hydroxyl groups is 5. The largest absolute Gasteiger partial charge is 0.508 e. The number of hydrogen-bond donors (Lipinski definition) is 6. The number of phenolic OH excluding ortho intramolecular Hbond substituents is 1. The highest BCUT2D eigenvalue weighted by atomic mass is 32.2. The van der Waals surface area contributed by atoms with Gasteiger partial charge >= 0.3 is 0 Å². The van der Waals surface area contributed by atoms with Gasteiger partial charge in [-0.2, -0.15) is 0 Å². The van der Waals surface area contributed by atoms with Crippen LogP contribution in [-0.2, 0) is 4.74 Å². The molecule has 0 spiro atoms. The lowest BCUT2D eigenvalue weighted by atomic mass is 9.90. The molecular formula is C36H36FNO7S2. The van der Waals surface area contributed by atoms with Crippen LogP contribution in [0.15, 0.2) is 97.1 Å². The molecule has 246 valence electrons. The molecule has 11 heteroatoms. The zero-order chi connectivity index (χ0) is 33.2. The van der Waals surface area contributed by atoms with Crippen LogP contribution in [0.3, 0.4) is 0 Å². The van der Waals surface area contributed by atoms with E-state index in [4.69, 9.17) is 17.0 Å². The Bertz CT molecular complexity index is 1680. The van der Waals surface area contributed by atoms with Gasteiger partial charge in [-0.05, 0) is 65.4 Å². The molecule has 0 aliphatic carbocycles. The van der Waals surface area contributed by atoms with Gasteiger partial charge in [-0.3, -0.25) is 0 Å². The third-order valence-electron chi connectivity index (χ3n) is 8.91. The van der Waals surface area contributed by atoms with E-state index in [2.05, 4.69) is 0 Å². The van der Waals surface area contributed by atoms with E-state index in [1.807, 2.05) is 59.5 Å². The zero-order valence-corrected chi connectivity index (χ0v) is 26.8. The number of benzene rings is 4. The molecule has 0 amide bonds. The fraction of sp³-hybridized carbons (Fsp3) is 0.306. The van der Waals surface area contributed by atoms with Gasteiger partial charge in [0.2, 0.25) is 0 Å². The first-order chi connectivity index (χ1) is 22.7. The van der Waals surface area contributed by atoms with Gasteiger partial charge in [-0.25, -0.2) is 4.39 Å². The Labute approximate surface area is 281 Å². The van der Waals surface area contributed by atoms with E-state index in [9.17, 15) is 35.0 Å². The van der Waals surface area contributed by atoms with Crippen LogP contribution < -0.4 is 4.90 Å². The van der Waals surface area contributed by atoms with Crippen molar-refractivity contribution in [2.75, 3.05) is 11.5 Å². The molecule has 0 bridgehead atoms. The topological polar surface area (TPSA) is 134 Å². The molecule has 0 radical (unpaired) electrons. The molecule has 4 aromatic carbocycles. The quantitative estimate of drug-likeness (QED) is 0.132. The summed E-state index contributed by atoms with van der Waals surface area (Å²) in [7, 11) is 0. The third-order valence-corrected chi connectivity index (χ3v) is 10.6. The van der Waals surface area contributed by atoms with Crippen LogP contribution in [0.25, 0.3) is 11.1 Å². The van der Waals surface area contributed by atoms with Gasteiger partial charge in [-0.1, -0.05) is 90.7 Å². The molecule has 2 saturated heterocycles. The van der Waals surface area contributed by atoms with Gasteiger partial charge in [-0.15, -0.1) is 0 Å². The second kappa shape index (κ2) is 14.4. The third kappa shape index (κ3) is 6.94. The van der Waals surface area contributed by atoms with Gasteiger partial charge in [0.05, 0.1) is 18.8 Å². The zero-order valence-electron chi connectivity index (χ0n) is 25.2. The van der Waals surface area contributed by atoms with Gasteiger partial charge < -0.3 is 40.3 Å². The first-order valence-corrected chi connectivity index (χ1v) is 16.7. The minimum Gasteiger partial charge on any atom is -0.508 e. The summed E-state index contributed by atoms with van der Waals surface area (Å²) in [5.41, 5.74) is 4.31. The second-order valence-corrected chi connectivity index (χ2v) is 13.7. The van der Waals surface area contributed by atoms with E-state index in [0.29, 0.717) is 33.9 Å². The monoisotopic (exact) mass is 677 g/mol. The fourth-order valence-electron chi connectivity index (χ4n) is 6.33. The van der Waals surface area contributed by atoms with Gasteiger partial charge in [0, 0.05) is 16.5 Å². The van der Waals surface area contributed by atoms with Crippen molar-refractivity contribution < 1.29 is 39.8 Å². The lowest BCUT2D eigenvalue weighted by Crippen LogP contribution is -2.55. The molecule has 2 aliphatic heterocycles. The minimum absolute atomic E-state index is 0.0841. The highest BCUT2D eigenvalue weighted by molar-refractivity contribution is 8.24. The Hall–Kier alpha value is -3.39. The summed E-state index contributed by atoms with van der Waals surface area (Å²) in [6, 6.07) is 27.8.